The van der Waals surface area contributed by atoms with Crippen LogP contribution in [-0.2, 0) is 5.41 Å². The van der Waals surface area contributed by atoms with Gasteiger partial charge in [-0.25, -0.2) is 0 Å². The number of fused-ring (bicyclic) bond motifs is 4. The SMILES string of the molecule is CC1(C)c2ccccc2-c2ccc(-c3ccc(I)c4ccccc34)cc21. The van der Waals surface area contributed by atoms with Gasteiger partial charge in [0.25, 0.3) is 0 Å². The molecule has 0 amide bonds. The second-order valence-corrected chi connectivity index (χ2v) is 8.73. The minimum absolute atomic E-state index is 0.0426. The van der Waals surface area contributed by atoms with Crippen molar-refractivity contribution < 1.29 is 0 Å². The van der Waals surface area contributed by atoms with Crippen molar-refractivity contribution in [2.24, 2.45) is 0 Å². The van der Waals surface area contributed by atoms with Crippen LogP contribution in [0.4, 0.5) is 0 Å². The molecular weight excluding hydrogens is 427 g/mol. The Morgan fingerprint density at radius 1 is 0.615 bits per heavy atom. The highest BCUT2D eigenvalue weighted by molar-refractivity contribution is 14.1. The molecule has 4 aromatic carbocycles. The Balaban J connectivity index is 1.76. The Bertz CT molecular complexity index is 1170. The van der Waals surface area contributed by atoms with Crippen LogP contribution in [0.5, 0.6) is 0 Å². The summed E-state index contributed by atoms with van der Waals surface area (Å²) < 4.78 is 1.30. The van der Waals surface area contributed by atoms with E-state index in [2.05, 4.69) is 115 Å². The van der Waals surface area contributed by atoms with Gasteiger partial charge in [0.05, 0.1) is 0 Å². The summed E-state index contributed by atoms with van der Waals surface area (Å²) in [6.07, 6.45) is 0. The predicted molar refractivity (Wildman–Crippen MR) is 120 cm³/mol. The highest BCUT2D eigenvalue weighted by atomic mass is 127. The van der Waals surface area contributed by atoms with E-state index in [1.54, 1.807) is 0 Å². The summed E-state index contributed by atoms with van der Waals surface area (Å²) in [5, 5.41) is 2.65. The Morgan fingerprint density at radius 2 is 1.27 bits per heavy atom. The molecule has 0 saturated carbocycles. The van der Waals surface area contributed by atoms with Crippen LogP contribution in [0.2, 0.25) is 0 Å². The predicted octanol–water partition coefficient (Wildman–Crippen LogP) is 7.42. The van der Waals surface area contributed by atoms with Crippen LogP contribution in [0.25, 0.3) is 33.0 Å². The van der Waals surface area contributed by atoms with E-state index in [9.17, 15) is 0 Å². The molecule has 1 aliphatic carbocycles. The van der Waals surface area contributed by atoms with Crippen molar-refractivity contribution in [1.29, 1.82) is 0 Å². The minimum Gasteiger partial charge on any atom is -0.0619 e. The summed E-state index contributed by atoms with van der Waals surface area (Å²) in [6, 6.07) is 29.0. The lowest BCUT2D eigenvalue weighted by molar-refractivity contribution is 0.660. The average molecular weight is 446 g/mol. The van der Waals surface area contributed by atoms with E-state index < -0.39 is 0 Å². The molecule has 0 bridgehead atoms. The second-order valence-electron chi connectivity index (χ2n) is 7.57. The first-order valence-electron chi connectivity index (χ1n) is 8.99. The van der Waals surface area contributed by atoms with E-state index in [4.69, 9.17) is 0 Å². The average Bonchev–Trinajstić information content (AvgIpc) is 2.90. The molecule has 0 fully saturated rings. The molecule has 4 aromatic rings. The molecule has 0 aromatic heterocycles. The van der Waals surface area contributed by atoms with Gasteiger partial charge in [0.15, 0.2) is 0 Å². The Hall–Kier alpha value is -2.13. The summed E-state index contributed by atoms with van der Waals surface area (Å²) in [6.45, 7) is 4.68. The third kappa shape index (κ3) is 2.20. The number of hydrogen-bond acceptors (Lipinski definition) is 0. The van der Waals surface area contributed by atoms with Crippen molar-refractivity contribution in [2.75, 3.05) is 0 Å². The Labute approximate surface area is 168 Å². The van der Waals surface area contributed by atoms with E-state index in [0.29, 0.717) is 0 Å². The van der Waals surface area contributed by atoms with Crippen molar-refractivity contribution in [3.63, 3.8) is 0 Å². The molecular formula is C25H19I. The lowest BCUT2D eigenvalue weighted by Gasteiger charge is -2.22. The first-order valence-corrected chi connectivity index (χ1v) is 10.1. The van der Waals surface area contributed by atoms with Gasteiger partial charge in [-0.15, -0.1) is 0 Å². The van der Waals surface area contributed by atoms with Gasteiger partial charge < -0.3 is 0 Å². The fourth-order valence-corrected chi connectivity index (χ4v) is 5.04. The first-order chi connectivity index (χ1) is 12.6. The fourth-order valence-electron chi connectivity index (χ4n) is 4.39. The van der Waals surface area contributed by atoms with E-state index >= 15 is 0 Å². The van der Waals surface area contributed by atoms with Gasteiger partial charge in [-0.3, -0.25) is 0 Å². The number of benzene rings is 4. The van der Waals surface area contributed by atoms with Gasteiger partial charge in [0.2, 0.25) is 0 Å². The van der Waals surface area contributed by atoms with E-state index in [-0.39, 0.29) is 5.41 Å². The molecule has 26 heavy (non-hydrogen) atoms. The van der Waals surface area contributed by atoms with Crippen molar-refractivity contribution in [1.82, 2.24) is 0 Å². The Morgan fingerprint density at radius 3 is 2.12 bits per heavy atom. The molecule has 0 atom stereocenters. The maximum Gasteiger partial charge on any atom is 0.0209 e. The normalized spacial score (nSPS) is 14.3. The second kappa shape index (κ2) is 5.68. The van der Waals surface area contributed by atoms with Crippen LogP contribution < -0.4 is 0 Å². The zero-order chi connectivity index (χ0) is 17.9. The lowest BCUT2D eigenvalue weighted by atomic mass is 9.81. The van der Waals surface area contributed by atoms with Crippen LogP contribution >= 0.6 is 22.6 Å². The van der Waals surface area contributed by atoms with Crippen LogP contribution in [0.3, 0.4) is 0 Å². The molecule has 0 heterocycles. The maximum absolute atomic E-state index is 2.43. The van der Waals surface area contributed by atoms with Crippen LogP contribution in [0, 0.1) is 3.57 Å². The van der Waals surface area contributed by atoms with Gasteiger partial charge in [-0.05, 0) is 78.9 Å². The van der Waals surface area contributed by atoms with Gasteiger partial charge in [-0.2, -0.15) is 0 Å². The number of hydrogen-bond donors (Lipinski definition) is 0. The highest BCUT2D eigenvalue weighted by Crippen LogP contribution is 2.49. The van der Waals surface area contributed by atoms with Gasteiger partial charge >= 0.3 is 0 Å². The minimum atomic E-state index is 0.0426. The van der Waals surface area contributed by atoms with E-state index in [0.717, 1.165) is 0 Å². The number of halogens is 1. The topological polar surface area (TPSA) is 0 Å². The third-order valence-corrected chi connectivity index (χ3v) is 6.71. The van der Waals surface area contributed by atoms with Gasteiger partial charge in [0.1, 0.15) is 0 Å². The highest BCUT2D eigenvalue weighted by Gasteiger charge is 2.35. The summed E-state index contributed by atoms with van der Waals surface area (Å²) >= 11 is 2.43. The maximum atomic E-state index is 2.43. The van der Waals surface area contributed by atoms with Gasteiger partial charge in [-0.1, -0.05) is 80.6 Å². The van der Waals surface area contributed by atoms with Gasteiger partial charge in [0, 0.05) is 8.99 Å². The smallest absolute Gasteiger partial charge is 0.0209 e. The van der Waals surface area contributed by atoms with Crippen molar-refractivity contribution in [3.05, 3.63) is 93.6 Å². The Kier molecular flexibility index (Phi) is 3.51. The third-order valence-electron chi connectivity index (χ3n) is 5.77. The standard InChI is InChI=1S/C25H19I/c1-25(2)22-10-6-5-8-19(22)20-12-11-16(15-23(20)25)17-13-14-24(26)21-9-4-3-7-18(17)21/h3-15H,1-2H3. The lowest BCUT2D eigenvalue weighted by Crippen LogP contribution is -2.14. The van der Waals surface area contributed by atoms with Crippen LogP contribution in [0.1, 0.15) is 25.0 Å². The van der Waals surface area contributed by atoms with Crippen LogP contribution in [-0.4, -0.2) is 0 Å². The zero-order valence-electron chi connectivity index (χ0n) is 14.9. The molecule has 0 saturated heterocycles. The van der Waals surface area contributed by atoms with E-state index in [1.807, 2.05) is 0 Å². The molecule has 1 heteroatoms. The molecule has 0 spiro atoms. The molecule has 0 nitrogen and oxygen atoms in total. The molecule has 0 radical (unpaired) electrons. The quantitative estimate of drug-likeness (QED) is 0.267. The summed E-state index contributed by atoms with van der Waals surface area (Å²) in [5.74, 6) is 0. The zero-order valence-corrected chi connectivity index (χ0v) is 17.0. The summed E-state index contributed by atoms with van der Waals surface area (Å²) in [4.78, 5) is 0. The van der Waals surface area contributed by atoms with Crippen LogP contribution in [0.15, 0.2) is 78.9 Å². The summed E-state index contributed by atoms with van der Waals surface area (Å²) in [7, 11) is 0. The summed E-state index contributed by atoms with van der Waals surface area (Å²) in [5.41, 5.74) is 8.28. The first kappa shape index (κ1) is 16.1. The molecule has 0 aliphatic heterocycles. The molecule has 0 unspecified atom stereocenters. The van der Waals surface area contributed by atoms with Crippen molar-refractivity contribution in [3.8, 4) is 22.3 Å². The molecule has 1 aliphatic rings. The number of rotatable bonds is 1. The largest absolute Gasteiger partial charge is 0.0619 e. The van der Waals surface area contributed by atoms with E-state index in [1.165, 1.54) is 47.7 Å². The van der Waals surface area contributed by atoms with Crippen molar-refractivity contribution in [2.45, 2.75) is 19.3 Å². The molecule has 0 N–H and O–H groups in total. The monoisotopic (exact) mass is 446 g/mol. The molecule has 5 rings (SSSR count). The fraction of sp³-hybridized carbons (Fsp3) is 0.120. The molecule has 126 valence electrons. The van der Waals surface area contributed by atoms with Crippen molar-refractivity contribution >= 4 is 33.4 Å².